The molecule has 0 aliphatic rings. The van der Waals surface area contributed by atoms with E-state index in [1.165, 1.54) is 11.1 Å². The Bertz CT molecular complexity index is 1040. The molecule has 0 amide bonds. The Labute approximate surface area is 225 Å². The van der Waals surface area contributed by atoms with E-state index in [1.54, 1.807) is 24.3 Å². The molecular formula is C30H36N4Pt. The summed E-state index contributed by atoms with van der Waals surface area (Å²) in [5.41, 5.74) is 19.8. The molecule has 186 valence electrons. The average Bonchev–Trinajstić information content (AvgIpc) is 2.80. The maximum atomic E-state index is 7.00. The second-order valence-electron chi connectivity index (χ2n) is 10.1. The van der Waals surface area contributed by atoms with Gasteiger partial charge in [0.05, 0.1) is 11.4 Å². The SMILES string of the molecule is CC(C)(C)c1ccnc(-c2cc(C(C)(C)C)ccn2)c1.[NH-]c1ccccc1.[NH-]c1ccccc1.[Pt+2]. The predicted molar refractivity (Wildman–Crippen MR) is 146 cm³/mol. The van der Waals surface area contributed by atoms with E-state index in [9.17, 15) is 0 Å². The number of rotatable bonds is 1. The Morgan fingerprint density at radius 3 is 1.06 bits per heavy atom. The number of benzene rings is 2. The number of nitrogens with zero attached hydrogens (tertiary/aromatic N) is 2. The van der Waals surface area contributed by atoms with Crippen LogP contribution in [0.3, 0.4) is 0 Å². The van der Waals surface area contributed by atoms with Crippen molar-refractivity contribution >= 4 is 11.4 Å². The molecule has 4 aromatic rings. The van der Waals surface area contributed by atoms with Gasteiger partial charge >= 0.3 is 21.1 Å². The van der Waals surface area contributed by atoms with Gasteiger partial charge in [-0.15, -0.1) is 11.4 Å². The van der Waals surface area contributed by atoms with Crippen LogP contribution in [-0.2, 0) is 31.9 Å². The fraction of sp³-hybridized carbons (Fsp3) is 0.267. The number of hydrogen-bond donors (Lipinski definition) is 0. The number of nitrogens with one attached hydrogen (secondary N) is 2. The molecule has 0 radical (unpaired) electrons. The minimum absolute atomic E-state index is 0. The van der Waals surface area contributed by atoms with Gasteiger partial charge in [-0.25, -0.2) is 0 Å². The van der Waals surface area contributed by atoms with Crippen LogP contribution >= 0.6 is 0 Å². The minimum atomic E-state index is 0. The van der Waals surface area contributed by atoms with E-state index >= 15 is 0 Å². The summed E-state index contributed by atoms with van der Waals surface area (Å²) in [7, 11) is 0. The molecule has 2 heterocycles. The molecule has 5 heteroatoms. The van der Waals surface area contributed by atoms with Crippen LogP contribution in [0.4, 0.5) is 11.4 Å². The van der Waals surface area contributed by atoms with Gasteiger partial charge in [0.1, 0.15) is 0 Å². The van der Waals surface area contributed by atoms with E-state index < -0.39 is 0 Å². The zero-order valence-corrected chi connectivity index (χ0v) is 23.7. The molecule has 2 aromatic carbocycles. The fourth-order valence-electron chi connectivity index (χ4n) is 2.95. The van der Waals surface area contributed by atoms with Crippen molar-refractivity contribution in [2.45, 2.75) is 52.4 Å². The van der Waals surface area contributed by atoms with Crippen LogP contribution in [0.5, 0.6) is 0 Å². The molecule has 4 nitrogen and oxygen atoms in total. The van der Waals surface area contributed by atoms with Crippen LogP contribution in [0.25, 0.3) is 22.9 Å². The first-order chi connectivity index (χ1) is 16.0. The van der Waals surface area contributed by atoms with Gasteiger partial charge in [-0.2, -0.15) is 0 Å². The first kappa shape index (κ1) is 30.1. The first-order valence-electron chi connectivity index (χ1n) is 11.4. The smallest absolute Gasteiger partial charge is 0.699 e. The van der Waals surface area contributed by atoms with Gasteiger partial charge in [-0.05, 0) is 46.2 Å². The summed E-state index contributed by atoms with van der Waals surface area (Å²) in [6.45, 7) is 13.3. The molecule has 0 saturated carbocycles. The Balaban J connectivity index is 0.000000332. The molecule has 0 atom stereocenters. The average molecular weight is 648 g/mol. The zero-order chi connectivity index (χ0) is 25.2. The van der Waals surface area contributed by atoms with E-state index in [2.05, 4.69) is 75.8 Å². The summed E-state index contributed by atoms with van der Waals surface area (Å²) >= 11 is 0. The molecule has 0 aliphatic carbocycles. The Kier molecular flexibility index (Phi) is 11.9. The summed E-state index contributed by atoms with van der Waals surface area (Å²) < 4.78 is 0. The van der Waals surface area contributed by atoms with E-state index in [4.69, 9.17) is 11.5 Å². The summed E-state index contributed by atoms with van der Waals surface area (Å²) in [4.78, 5) is 8.97. The van der Waals surface area contributed by atoms with Gasteiger partial charge in [-0.3, -0.25) is 9.97 Å². The van der Waals surface area contributed by atoms with Gasteiger partial charge in [-0.1, -0.05) is 102 Å². The number of pyridine rings is 2. The van der Waals surface area contributed by atoms with Crippen molar-refractivity contribution in [2.24, 2.45) is 0 Å². The third-order valence-electron chi connectivity index (χ3n) is 5.06. The molecule has 0 spiro atoms. The first-order valence-corrected chi connectivity index (χ1v) is 11.4. The van der Waals surface area contributed by atoms with Crippen LogP contribution in [0, 0.1) is 0 Å². The predicted octanol–water partition coefficient (Wildman–Crippen LogP) is 9.48. The van der Waals surface area contributed by atoms with E-state index in [0.717, 1.165) is 11.4 Å². The van der Waals surface area contributed by atoms with Crippen molar-refractivity contribution < 1.29 is 21.1 Å². The summed E-state index contributed by atoms with van der Waals surface area (Å²) in [5.74, 6) is 0. The second kappa shape index (κ2) is 13.8. The normalized spacial score (nSPS) is 10.6. The van der Waals surface area contributed by atoms with E-state index in [1.807, 2.05) is 48.8 Å². The molecule has 0 bridgehead atoms. The third kappa shape index (κ3) is 10.9. The number of hydrogen-bond acceptors (Lipinski definition) is 2. The van der Waals surface area contributed by atoms with Crippen molar-refractivity contribution in [3.8, 4) is 11.4 Å². The molecule has 0 aliphatic heterocycles. The molecule has 2 N–H and O–H groups in total. The topological polar surface area (TPSA) is 73.4 Å². The van der Waals surface area contributed by atoms with Crippen LogP contribution < -0.4 is 0 Å². The molecule has 4 rings (SSSR count). The van der Waals surface area contributed by atoms with Crippen molar-refractivity contribution in [3.63, 3.8) is 0 Å². The zero-order valence-electron chi connectivity index (χ0n) is 21.4. The maximum Gasteiger partial charge on any atom is 2.00 e. The molecular weight excluding hydrogens is 611 g/mol. The van der Waals surface area contributed by atoms with Gasteiger partial charge in [0, 0.05) is 12.4 Å². The quantitative estimate of drug-likeness (QED) is 0.206. The molecule has 2 aromatic heterocycles. The van der Waals surface area contributed by atoms with Crippen LogP contribution in [0.1, 0.15) is 52.7 Å². The Morgan fingerprint density at radius 2 is 0.829 bits per heavy atom. The van der Waals surface area contributed by atoms with Gasteiger partial charge in [0.2, 0.25) is 0 Å². The van der Waals surface area contributed by atoms with Gasteiger partial charge in [0.25, 0.3) is 0 Å². The van der Waals surface area contributed by atoms with Crippen molar-refractivity contribution in [3.05, 3.63) is 120 Å². The van der Waals surface area contributed by atoms with E-state index in [-0.39, 0.29) is 31.9 Å². The molecule has 0 fully saturated rings. The van der Waals surface area contributed by atoms with Crippen LogP contribution in [-0.4, -0.2) is 9.97 Å². The monoisotopic (exact) mass is 647 g/mol. The van der Waals surface area contributed by atoms with Crippen molar-refractivity contribution in [2.75, 3.05) is 0 Å². The standard InChI is InChI=1S/C18H24N2.2C6H6N.Pt/c1-17(2,3)13-7-9-19-15(11-13)16-12-14(8-10-20-16)18(4,5)6;2*7-6-4-2-1-3-5-6;/h7-12H,1-6H3;2*1-5,7H;/q;2*-1;+2. The molecule has 0 saturated heterocycles. The Morgan fingerprint density at radius 1 is 0.514 bits per heavy atom. The van der Waals surface area contributed by atoms with E-state index in [0.29, 0.717) is 11.4 Å². The summed E-state index contributed by atoms with van der Waals surface area (Å²) in [6, 6.07) is 26.7. The van der Waals surface area contributed by atoms with Gasteiger partial charge < -0.3 is 11.5 Å². The largest absolute Gasteiger partial charge is 2.00 e. The number of aromatic nitrogens is 2. The van der Waals surface area contributed by atoms with Gasteiger partial charge in [0.15, 0.2) is 0 Å². The summed E-state index contributed by atoms with van der Waals surface area (Å²) in [5, 5.41) is 0. The third-order valence-corrected chi connectivity index (χ3v) is 5.06. The van der Waals surface area contributed by atoms with Crippen LogP contribution in [0.2, 0.25) is 0 Å². The fourth-order valence-corrected chi connectivity index (χ4v) is 2.95. The Hall–Kier alpha value is -2.97. The van der Waals surface area contributed by atoms with Crippen molar-refractivity contribution in [1.29, 1.82) is 0 Å². The summed E-state index contributed by atoms with van der Waals surface area (Å²) in [6.07, 6.45) is 3.75. The molecule has 0 unspecified atom stereocenters. The maximum absolute atomic E-state index is 7.00. The van der Waals surface area contributed by atoms with Crippen LogP contribution in [0.15, 0.2) is 97.3 Å². The second-order valence-corrected chi connectivity index (χ2v) is 10.1. The molecule has 35 heavy (non-hydrogen) atoms. The van der Waals surface area contributed by atoms with Crippen molar-refractivity contribution in [1.82, 2.24) is 9.97 Å². The minimum Gasteiger partial charge on any atom is -0.699 e.